The van der Waals surface area contributed by atoms with Crippen LogP contribution in [0.5, 0.6) is 0 Å². The predicted molar refractivity (Wildman–Crippen MR) is 441 cm³/mol. The van der Waals surface area contributed by atoms with E-state index in [1.54, 1.807) is 0 Å². The first kappa shape index (κ1) is 105. The molecule has 0 rings (SSSR count). The first-order valence-corrected chi connectivity index (χ1v) is 48.4. The zero-order valence-corrected chi connectivity index (χ0v) is 72.4. The number of ether oxygens (including phenoxy) is 4. The van der Waals surface area contributed by atoms with Crippen molar-refractivity contribution in [2.75, 3.05) is 39.6 Å². The minimum absolute atomic E-state index is 0.106. The molecule has 0 fully saturated rings. The lowest BCUT2D eigenvalue weighted by Crippen LogP contribution is -2.30. The van der Waals surface area contributed by atoms with Gasteiger partial charge in [0.05, 0.1) is 26.4 Å². The second-order valence-electron chi connectivity index (χ2n) is 32.8. The second-order valence-corrected chi connectivity index (χ2v) is 35.7. The van der Waals surface area contributed by atoms with E-state index in [2.05, 4.69) is 48.5 Å². The van der Waals surface area contributed by atoms with Crippen LogP contribution in [0.1, 0.15) is 466 Å². The van der Waals surface area contributed by atoms with Crippen molar-refractivity contribution in [1.82, 2.24) is 0 Å². The molecule has 17 nitrogen and oxygen atoms in total. The van der Waals surface area contributed by atoms with E-state index in [1.165, 1.54) is 270 Å². The van der Waals surface area contributed by atoms with Gasteiger partial charge in [0.1, 0.15) is 19.3 Å². The molecule has 3 unspecified atom stereocenters. The molecule has 636 valence electrons. The normalized spacial score (nSPS) is 14.1. The van der Waals surface area contributed by atoms with Gasteiger partial charge in [-0.05, 0) is 43.4 Å². The van der Waals surface area contributed by atoms with Crippen LogP contribution in [0.3, 0.4) is 0 Å². The van der Waals surface area contributed by atoms with Gasteiger partial charge in [-0.2, -0.15) is 0 Å². The van der Waals surface area contributed by atoms with Gasteiger partial charge in [0.15, 0.2) is 12.2 Å². The molecular formula is C88H172O17P2. The molecule has 0 aromatic carbocycles. The van der Waals surface area contributed by atoms with E-state index >= 15 is 0 Å². The van der Waals surface area contributed by atoms with Crippen molar-refractivity contribution >= 4 is 39.5 Å². The van der Waals surface area contributed by atoms with Crippen molar-refractivity contribution in [2.45, 2.75) is 484 Å². The SMILES string of the molecule is CCCCCCCCCCCCCCCCCCCCCCC(=O)OC[C@H](COP(=O)(O)OC[C@@H](O)COP(=O)(O)OC[C@@H](COC(=O)CCCCCCCCC(C)CC)OC(=O)CCCCCCCCCCCCCCCC(C)C)OC(=O)CCCCCCCCCCCCCCCCCCCCC(C)C. The van der Waals surface area contributed by atoms with Crippen molar-refractivity contribution < 1.29 is 80.2 Å². The first-order valence-electron chi connectivity index (χ1n) is 45.4. The van der Waals surface area contributed by atoms with Crippen LogP contribution in [0.25, 0.3) is 0 Å². The molecule has 0 amide bonds. The summed E-state index contributed by atoms with van der Waals surface area (Å²) >= 11 is 0. The van der Waals surface area contributed by atoms with E-state index in [0.717, 1.165) is 114 Å². The Hall–Kier alpha value is -1.94. The highest BCUT2D eigenvalue weighted by atomic mass is 31.2. The lowest BCUT2D eigenvalue weighted by molar-refractivity contribution is -0.161. The number of hydrogen-bond donors (Lipinski definition) is 3. The van der Waals surface area contributed by atoms with E-state index in [9.17, 15) is 43.2 Å². The standard InChI is InChI=1S/C88H172O17P2/c1-8-10-11-12-13-14-15-16-17-18-19-20-24-27-32-37-42-47-55-62-69-85(90)98-75-83(104-87(92)71-64-57-48-43-38-33-28-25-22-21-23-26-30-35-40-45-52-59-66-79(3)4)77-102-106(94,95)100-73-82(89)74-101-107(96,97)103-78-84(76-99-86(91)70-63-56-51-50-54-61-68-81(7)9-2)105-88(93)72-65-58-49-44-39-34-29-31-36-41-46-53-60-67-80(5)6/h79-84,89H,8-78H2,1-7H3,(H,94,95)(H,96,97)/t81?,82-,83-,84-/m1/s1. The molecule has 19 heteroatoms. The van der Waals surface area contributed by atoms with E-state index in [0.29, 0.717) is 25.7 Å². The number of aliphatic hydroxyl groups is 1. The third-order valence-corrected chi connectivity index (χ3v) is 22.9. The van der Waals surface area contributed by atoms with Gasteiger partial charge in [-0.15, -0.1) is 0 Å². The minimum Gasteiger partial charge on any atom is -0.462 e. The van der Waals surface area contributed by atoms with Crippen LogP contribution in [0.4, 0.5) is 0 Å². The molecule has 0 aliphatic rings. The molecular weight excluding hydrogens is 1390 g/mol. The number of rotatable bonds is 86. The largest absolute Gasteiger partial charge is 0.472 e. The van der Waals surface area contributed by atoms with Gasteiger partial charge in [0, 0.05) is 25.7 Å². The van der Waals surface area contributed by atoms with Crippen molar-refractivity contribution in [3.63, 3.8) is 0 Å². The van der Waals surface area contributed by atoms with Gasteiger partial charge in [-0.3, -0.25) is 37.3 Å². The summed E-state index contributed by atoms with van der Waals surface area (Å²) in [6.45, 7) is 12.0. The summed E-state index contributed by atoms with van der Waals surface area (Å²) in [6, 6.07) is 0. The minimum atomic E-state index is -4.97. The maximum Gasteiger partial charge on any atom is 0.472 e. The number of carbonyl (C=O) groups excluding carboxylic acids is 4. The van der Waals surface area contributed by atoms with E-state index < -0.39 is 97.5 Å². The Morgan fingerprint density at radius 3 is 0.710 bits per heavy atom. The number of esters is 4. The number of unbranched alkanes of at least 4 members (excludes halogenated alkanes) is 53. The summed E-state index contributed by atoms with van der Waals surface area (Å²) in [6.07, 6.45) is 69.6. The van der Waals surface area contributed by atoms with Crippen LogP contribution in [0.2, 0.25) is 0 Å². The van der Waals surface area contributed by atoms with Gasteiger partial charge >= 0.3 is 39.5 Å². The fourth-order valence-corrected chi connectivity index (χ4v) is 15.3. The summed E-state index contributed by atoms with van der Waals surface area (Å²) in [4.78, 5) is 73.3. The molecule has 0 bridgehead atoms. The Morgan fingerprint density at radius 2 is 0.477 bits per heavy atom. The van der Waals surface area contributed by atoms with Crippen molar-refractivity contribution in [3.8, 4) is 0 Å². The average Bonchev–Trinajstić information content (AvgIpc) is 0.902. The highest BCUT2D eigenvalue weighted by molar-refractivity contribution is 7.47. The van der Waals surface area contributed by atoms with E-state index in [-0.39, 0.29) is 25.7 Å². The molecule has 0 heterocycles. The van der Waals surface area contributed by atoms with Crippen LogP contribution in [0, 0.1) is 17.8 Å². The zero-order chi connectivity index (χ0) is 78.6. The maximum atomic E-state index is 13.2. The Balaban J connectivity index is 5.23. The Morgan fingerprint density at radius 1 is 0.271 bits per heavy atom. The molecule has 0 aromatic rings. The molecule has 6 atom stereocenters. The summed E-state index contributed by atoms with van der Waals surface area (Å²) in [7, 11) is -9.93. The van der Waals surface area contributed by atoms with Crippen LogP contribution >= 0.6 is 15.6 Å². The molecule has 0 aliphatic heterocycles. The monoisotopic (exact) mass is 1560 g/mol. The van der Waals surface area contributed by atoms with Crippen LogP contribution < -0.4 is 0 Å². The molecule has 0 aliphatic carbocycles. The third kappa shape index (κ3) is 80.5. The number of phosphoric ester groups is 2. The Labute approximate surface area is 658 Å². The topological polar surface area (TPSA) is 237 Å². The first-order chi connectivity index (χ1) is 51.8. The van der Waals surface area contributed by atoms with Crippen LogP contribution in [-0.2, 0) is 65.4 Å². The lowest BCUT2D eigenvalue weighted by Gasteiger charge is -2.21. The highest BCUT2D eigenvalue weighted by Crippen LogP contribution is 2.45. The third-order valence-electron chi connectivity index (χ3n) is 21.0. The lowest BCUT2D eigenvalue weighted by atomic mass is 10.00. The fraction of sp³-hybridized carbons (Fsp3) is 0.955. The fourth-order valence-electron chi connectivity index (χ4n) is 13.7. The highest BCUT2D eigenvalue weighted by Gasteiger charge is 2.31. The van der Waals surface area contributed by atoms with Gasteiger partial charge < -0.3 is 33.8 Å². The smallest absolute Gasteiger partial charge is 0.462 e. The molecule has 3 N–H and O–H groups in total. The summed E-state index contributed by atoms with van der Waals surface area (Å²) < 4.78 is 68.9. The average molecular weight is 1560 g/mol. The number of phosphoric acid groups is 2. The molecule has 0 saturated carbocycles. The maximum absolute atomic E-state index is 13.2. The second kappa shape index (κ2) is 78.0. The summed E-state index contributed by atoms with van der Waals surface area (Å²) in [5.41, 5.74) is 0. The number of aliphatic hydroxyl groups excluding tert-OH is 1. The van der Waals surface area contributed by atoms with Crippen LogP contribution in [-0.4, -0.2) is 96.7 Å². The van der Waals surface area contributed by atoms with E-state index in [4.69, 9.17) is 37.0 Å². The predicted octanol–water partition coefficient (Wildman–Crippen LogP) is 26.9. The van der Waals surface area contributed by atoms with Crippen LogP contribution in [0.15, 0.2) is 0 Å². The van der Waals surface area contributed by atoms with Gasteiger partial charge in [0.2, 0.25) is 0 Å². The van der Waals surface area contributed by atoms with E-state index in [1.807, 2.05) is 0 Å². The summed E-state index contributed by atoms with van der Waals surface area (Å²) in [5, 5.41) is 10.7. The molecule has 0 radical (unpaired) electrons. The summed E-state index contributed by atoms with van der Waals surface area (Å²) in [5.74, 6) is 0.233. The van der Waals surface area contributed by atoms with Crippen molar-refractivity contribution in [1.29, 1.82) is 0 Å². The van der Waals surface area contributed by atoms with Crippen molar-refractivity contribution in [2.24, 2.45) is 17.8 Å². The Bertz CT molecular complexity index is 2060. The molecule has 0 saturated heterocycles. The molecule has 0 aromatic heterocycles. The number of carbonyl (C=O) groups is 4. The Kier molecular flexibility index (Phi) is 76.6. The van der Waals surface area contributed by atoms with Gasteiger partial charge in [-0.1, -0.05) is 414 Å². The van der Waals surface area contributed by atoms with Gasteiger partial charge in [-0.25, -0.2) is 9.13 Å². The number of hydrogen-bond acceptors (Lipinski definition) is 15. The van der Waals surface area contributed by atoms with Crippen molar-refractivity contribution in [3.05, 3.63) is 0 Å². The van der Waals surface area contributed by atoms with Gasteiger partial charge in [0.25, 0.3) is 0 Å². The zero-order valence-electron chi connectivity index (χ0n) is 70.6. The quantitative estimate of drug-likeness (QED) is 0.0222. The molecule has 107 heavy (non-hydrogen) atoms. The molecule has 0 spiro atoms.